The molecule has 0 N–H and O–H groups in total. The van der Waals surface area contributed by atoms with Crippen molar-refractivity contribution in [1.29, 1.82) is 0 Å². The van der Waals surface area contributed by atoms with Crippen molar-refractivity contribution in [2.45, 2.75) is 58.1 Å². The molecular formula is C16H22ClNO3S. The molecule has 22 heavy (non-hydrogen) atoms. The molecule has 1 aromatic rings. The Bertz CT molecular complexity index is 550. The number of Topliss-reactive ketones (excluding diaryl/α,β-unsaturated/α-hetero) is 1. The number of thiophene rings is 1. The summed E-state index contributed by atoms with van der Waals surface area (Å²) in [5.74, 6) is 0.0392. The lowest BCUT2D eigenvalue weighted by atomic mass is 9.97. The summed E-state index contributed by atoms with van der Waals surface area (Å²) in [7, 11) is 0. The van der Waals surface area contributed by atoms with E-state index in [0.717, 1.165) is 19.3 Å². The van der Waals surface area contributed by atoms with Gasteiger partial charge in [-0.2, -0.15) is 0 Å². The SMILES string of the molecule is CC(C)(C)OC(=O)N1CCCCC1CC(=O)c1ccc(Cl)s1. The number of carbonyl (C=O) groups excluding carboxylic acids is 2. The lowest BCUT2D eigenvalue weighted by Crippen LogP contribution is -2.46. The second-order valence-corrected chi connectivity index (χ2v) is 8.27. The molecule has 1 fully saturated rings. The summed E-state index contributed by atoms with van der Waals surface area (Å²) in [6.07, 6.45) is 2.83. The molecule has 2 heterocycles. The second-order valence-electron chi connectivity index (χ2n) is 6.55. The first kappa shape index (κ1) is 17.3. The predicted octanol–water partition coefficient (Wildman–Crippen LogP) is 4.76. The van der Waals surface area contributed by atoms with Gasteiger partial charge in [-0.05, 0) is 52.2 Å². The van der Waals surface area contributed by atoms with Crippen LogP contribution in [0.5, 0.6) is 0 Å². The Kier molecular flexibility index (Phi) is 5.50. The van der Waals surface area contributed by atoms with Crippen molar-refractivity contribution < 1.29 is 14.3 Å². The number of halogens is 1. The van der Waals surface area contributed by atoms with Gasteiger partial charge in [-0.3, -0.25) is 4.79 Å². The summed E-state index contributed by atoms with van der Waals surface area (Å²) in [6.45, 7) is 6.20. The Morgan fingerprint density at radius 2 is 2.09 bits per heavy atom. The normalized spacial score (nSPS) is 19.1. The zero-order valence-corrected chi connectivity index (χ0v) is 14.8. The number of rotatable bonds is 3. The Labute approximate surface area is 140 Å². The van der Waals surface area contributed by atoms with E-state index in [9.17, 15) is 9.59 Å². The van der Waals surface area contributed by atoms with Crippen molar-refractivity contribution in [3.05, 3.63) is 21.3 Å². The Morgan fingerprint density at radius 1 is 1.36 bits per heavy atom. The fraction of sp³-hybridized carbons (Fsp3) is 0.625. The smallest absolute Gasteiger partial charge is 0.410 e. The van der Waals surface area contributed by atoms with E-state index in [2.05, 4.69) is 0 Å². The number of hydrogen-bond acceptors (Lipinski definition) is 4. The third kappa shape index (κ3) is 4.71. The maximum absolute atomic E-state index is 12.4. The Balaban J connectivity index is 2.03. The van der Waals surface area contributed by atoms with Gasteiger partial charge in [0, 0.05) is 19.0 Å². The highest BCUT2D eigenvalue weighted by Crippen LogP contribution is 2.27. The summed E-state index contributed by atoms with van der Waals surface area (Å²) >= 11 is 7.17. The largest absolute Gasteiger partial charge is 0.444 e. The number of piperidine rings is 1. The molecule has 1 aliphatic heterocycles. The lowest BCUT2D eigenvalue weighted by Gasteiger charge is -2.36. The molecule has 0 spiro atoms. The van der Waals surface area contributed by atoms with Gasteiger partial charge >= 0.3 is 6.09 Å². The van der Waals surface area contributed by atoms with Crippen LogP contribution >= 0.6 is 22.9 Å². The van der Waals surface area contributed by atoms with Gasteiger partial charge in [0.25, 0.3) is 0 Å². The van der Waals surface area contributed by atoms with Gasteiger partial charge < -0.3 is 9.64 Å². The highest BCUT2D eigenvalue weighted by atomic mass is 35.5. The van der Waals surface area contributed by atoms with E-state index >= 15 is 0 Å². The number of carbonyl (C=O) groups is 2. The first-order valence-electron chi connectivity index (χ1n) is 7.54. The molecule has 1 amide bonds. The van der Waals surface area contributed by atoms with Crippen LogP contribution < -0.4 is 0 Å². The van der Waals surface area contributed by atoms with Crippen LogP contribution in [-0.4, -0.2) is 35.0 Å². The maximum atomic E-state index is 12.4. The van der Waals surface area contributed by atoms with Crippen LogP contribution in [0.2, 0.25) is 4.34 Å². The van der Waals surface area contributed by atoms with E-state index in [1.54, 1.807) is 17.0 Å². The van der Waals surface area contributed by atoms with Gasteiger partial charge in [0.15, 0.2) is 5.78 Å². The van der Waals surface area contributed by atoms with E-state index in [4.69, 9.17) is 16.3 Å². The Hall–Kier alpha value is -1.07. The average molecular weight is 344 g/mol. The van der Waals surface area contributed by atoms with Crippen LogP contribution in [0.3, 0.4) is 0 Å². The summed E-state index contributed by atoms with van der Waals surface area (Å²) in [5.41, 5.74) is -0.523. The minimum absolute atomic E-state index is 0.0392. The zero-order chi connectivity index (χ0) is 16.3. The number of likely N-dealkylation sites (tertiary alicyclic amines) is 1. The van der Waals surface area contributed by atoms with Crippen LogP contribution in [0, 0.1) is 0 Å². The molecular weight excluding hydrogens is 322 g/mol. The zero-order valence-electron chi connectivity index (χ0n) is 13.2. The number of nitrogens with zero attached hydrogens (tertiary/aromatic N) is 1. The van der Waals surface area contributed by atoms with Gasteiger partial charge in [-0.1, -0.05) is 11.6 Å². The summed E-state index contributed by atoms with van der Waals surface area (Å²) in [6, 6.07) is 3.39. The molecule has 6 heteroatoms. The molecule has 1 aliphatic rings. The molecule has 0 aromatic carbocycles. The molecule has 1 aromatic heterocycles. The molecule has 2 rings (SSSR count). The number of amides is 1. The number of ketones is 1. The summed E-state index contributed by atoms with van der Waals surface area (Å²) in [5, 5.41) is 0. The standard InChI is InChI=1S/C16H22ClNO3S/c1-16(2,3)21-15(20)18-9-5-4-6-11(18)10-12(19)13-7-8-14(17)22-13/h7-8,11H,4-6,9-10H2,1-3H3. The van der Waals surface area contributed by atoms with E-state index in [1.165, 1.54) is 11.3 Å². The quantitative estimate of drug-likeness (QED) is 0.743. The monoisotopic (exact) mass is 343 g/mol. The predicted molar refractivity (Wildman–Crippen MR) is 88.9 cm³/mol. The number of hydrogen-bond donors (Lipinski definition) is 0. The van der Waals surface area contributed by atoms with E-state index in [0.29, 0.717) is 22.2 Å². The molecule has 122 valence electrons. The highest BCUT2D eigenvalue weighted by Gasteiger charge is 2.32. The summed E-state index contributed by atoms with van der Waals surface area (Å²) < 4.78 is 6.06. The lowest BCUT2D eigenvalue weighted by molar-refractivity contribution is 0.00948. The van der Waals surface area contributed by atoms with E-state index in [-0.39, 0.29) is 17.9 Å². The van der Waals surface area contributed by atoms with E-state index in [1.807, 2.05) is 20.8 Å². The fourth-order valence-electron chi connectivity index (χ4n) is 2.55. The topological polar surface area (TPSA) is 46.6 Å². The molecule has 0 bridgehead atoms. The average Bonchev–Trinajstić information content (AvgIpc) is 2.84. The van der Waals surface area contributed by atoms with Gasteiger partial charge in [0.05, 0.1) is 9.21 Å². The van der Waals surface area contributed by atoms with Gasteiger partial charge in [0.2, 0.25) is 0 Å². The Morgan fingerprint density at radius 3 is 2.68 bits per heavy atom. The minimum Gasteiger partial charge on any atom is -0.444 e. The van der Waals surface area contributed by atoms with Gasteiger partial charge in [-0.25, -0.2) is 4.79 Å². The molecule has 0 saturated carbocycles. The van der Waals surface area contributed by atoms with Crippen LogP contribution in [-0.2, 0) is 4.74 Å². The fourth-order valence-corrected chi connectivity index (χ4v) is 3.54. The van der Waals surface area contributed by atoms with Crippen molar-refractivity contribution in [3.8, 4) is 0 Å². The molecule has 4 nitrogen and oxygen atoms in total. The summed E-state index contributed by atoms with van der Waals surface area (Å²) in [4.78, 5) is 27.0. The van der Waals surface area contributed by atoms with Crippen molar-refractivity contribution in [1.82, 2.24) is 4.90 Å². The first-order valence-corrected chi connectivity index (χ1v) is 8.74. The van der Waals surface area contributed by atoms with Crippen LogP contribution in [0.15, 0.2) is 12.1 Å². The van der Waals surface area contributed by atoms with Gasteiger partial charge in [-0.15, -0.1) is 11.3 Å². The number of ether oxygens (including phenoxy) is 1. The van der Waals surface area contributed by atoms with Crippen LogP contribution in [0.25, 0.3) is 0 Å². The molecule has 1 saturated heterocycles. The van der Waals surface area contributed by atoms with Crippen molar-refractivity contribution >= 4 is 34.8 Å². The van der Waals surface area contributed by atoms with Crippen molar-refractivity contribution in [2.75, 3.05) is 6.54 Å². The first-order chi connectivity index (χ1) is 10.3. The van der Waals surface area contributed by atoms with Gasteiger partial charge in [0.1, 0.15) is 5.60 Å². The van der Waals surface area contributed by atoms with E-state index < -0.39 is 5.60 Å². The third-order valence-electron chi connectivity index (χ3n) is 3.52. The minimum atomic E-state index is -0.523. The maximum Gasteiger partial charge on any atom is 0.410 e. The van der Waals surface area contributed by atoms with Crippen LogP contribution in [0.4, 0.5) is 4.79 Å². The molecule has 0 radical (unpaired) electrons. The molecule has 0 aliphatic carbocycles. The van der Waals surface area contributed by atoms with Crippen molar-refractivity contribution in [2.24, 2.45) is 0 Å². The third-order valence-corrected chi connectivity index (χ3v) is 4.80. The molecule has 1 unspecified atom stereocenters. The van der Waals surface area contributed by atoms with Crippen molar-refractivity contribution in [3.63, 3.8) is 0 Å². The molecule has 1 atom stereocenters. The highest BCUT2D eigenvalue weighted by molar-refractivity contribution is 7.18. The second kappa shape index (κ2) is 7.01. The van der Waals surface area contributed by atoms with Crippen LogP contribution in [0.1, 0.15) is 56.1 Å².